The van der Waals surface area contributed by atoms with Crippen LogP contribution in [0, 0.1) is 0 Å². The smallest absolute Gasteiger partial charge is 1.00 e. The standard InChI is InChI=1S/C7H4BrF3O.BrH.Mg.2H/c8-5-1-3-6(4-2-5)12-7(9,10)11;;;;/h1-4H;1H;;;/q;;+2;2*-1. The zero-order chi connectivity index (χ0) is 9.19. The minimum Gasteiger partial charge on any atom is -1.00 e. The van der Waals surface area contributed by atoms with E-state index in [1.54, 1.807) is 0 Å². The summed E-state index contributed by atoms with van der Waals surface area (Å²) in [4.78, 5) is 0. The minimum atomic E-state index is -4.62. The fraction of sp³-hybridized carbons (Fsp3) is 0.143. The molecule has 0 atom stereocenters. The molecule has 1 aromatic carbocycles. The largest absolute Gasteiger partial charge is 2.00 e. The first kappa shape index (κ1) is 16.9. The molecule has 0 fully saturated rings. The molecule has 1 nitrogen and oxygen atoms in total. The number of hydrogen-bond donors (Lipinski definition) is 0. The Morgan fingerprint density at radius 2 is 1.57 bits per heavy atom. The Morgan fingerprint density at radius 3 is 1.93 bits per heavy atom. The third-order valence-electron chi connectivity index (χ3n) is 1.05. The number of benzene rings is 1. The van der Waals surface area contributed by atoms with Gasteiger partial charge in [0.15, 0.2) is 0 Å². The second-order valence-electron chi connectivity index (χ2n) is 2.00. The van der Waals surface area contributed by atoms with Crippen LogP contribution in [-0.4, -0.2) is 29.4 Å². The van der Waals surface area contributed by atoms with Crippen molar-refractivity contribution in [1.29, 1.82) is 0 Å². The fourth-order valence-corrected chi connectivity index (χ4v) is 0.901. The van der Waals surface area contributed by atoms with Crippen molar-refractivity contribution in [3.05, 3.63) is 28.7 Å². The van der Waals surface area contributed by atoms with Crippen molar-refractivity contribution >= 4 is 56.0 Å². The van der Waals surface area contributed by atoms with Crippen molar-refractivity contribution in [2.24, 2.45) is 0 Å². The summed E-state index contributed by atoms with van der Waals surface area (Å²) in [5, 5.41) is 0. The predicted octanol–water partition coefficient (Wildman–Crippen LogP) is 3.77. The second kappa shape index (κ2) is 6.92. The number of ether oxygens (including phenoxy) is 1. The maximum absolute atomic E-state index is 11.6. The topological polar surface area (TPSA) is 9.23 Å². The molecule has 0 unspecified atom stereocenters. The van der Waals surface area contributed by atoms with Gasteiger partial charge in [-0.2, -0.15) is 0 Å². The molecule has 0 radical (unpaired) electrons. The number of hydrogen-bond acceptors (Lipinski definition) is 1. The van der Waals surface area contributed by atoms with E-state index in [0.29, 0.717) is 4.47 Å². The fourth-order valence-electron chi connectivity index (χ4n) is 0.636. The molecule has 0 aliphatic rings. The zero-order valence-electron chi connectivity index (χ0n) is 8.84. The molecule has 0 spiro atoms. The Hall–Kier alpha value is 0.536. The van der Waals surface area contributed by atoms with E-state index in [-0.39, 0.29) is 48.6 Å². The molecule has 0 heterocycles. The van der Waals surface area contributed by atoms with Crippen LogP contribution in [0.1, 0.15) is 2.85 Å². The van der Waals surface area contributed by atoms with Crippen LogP contribution >= 0.6 is 32.9 Å². The summed E-state index contributed by atoms with van der Waals surface area (Å²) in [7, 11) is 0. The number of alkyl halides is 3. The molecule has 14 heavy (non-hydrogen) atoms. The van der Waals surface area contributed by atoms with Crippen molar-refractivity contribution in [2.45, 2.75) is 6.36 Å². The van der Waals surface area contributed by atoms with Gasteiger partial charge in [0, 0.05) is 4.47 Å². The summed E-state index contributed by atoms with van der Waals surface area (Å²) >= 11 is 3.09. The first-order valence-corrected chi connectivity index (χ1v) is 3.78. The Labute approximate surface area is 117 Å². The Kier molecular flexibility index (Phi) is 8.37. The summed E-state index contributed by atoms with van der Waals surface area (Å²) in [6.07, 6.45) is -4.62. The van der Waals surface area contributed by atoms with Crippen molar-refractivity contribution in [1.82, 2.24) is 0 Å². The zero-order valence-corrected chi connectivity index (χ0v) is 11.6. The SMILES string of the molecule is Br.FC(F)(F)Oc1ccc(Br)cc1.[H-].[H-].[Mg+2]. The van der Waals surface area contributed by atoms with Gasteiger partial charge in [0.25, 0.3) is 0 Å². The van der Waals surface area contributed by atoms with E-state index >= 15 is 0 Å². The molecule has 0 aromatic heterocycles. The van der Waals surface area contributed by atoms with E-state index in [1.165, 1.54) is 24.3 Å². The van der Waals surface area contributed by atoms with Gasteiger partial charge in [0.2, 0.25) is 0 Å². The molecule has 0 aliphatic heterocycles. The van der Waals surface area contributed by atoms with Gasteiger partial charge in [-0.25, -0.2) is 0 Å². The van der Waals surface area contributed by atoms with Gasteiger partial charge in [-0.15, -0.1) is 30.2 Å². The number of rotatable bonds is 1. The Bertz CT molecular complexity index is 271. The van der Waals surface area contributed by atoms with Gasteiger partial charge in [0.05, 0.1) is 0 Å². The van der Waals surface area contributed by atoms with Crippen molar-refractivity contribution in [3.63, 3.8) is 0 Å². The van der Waals surface area contributed by atoms with E-state index in [2.05, 4.69) is 20.7 Å². The van der Waals surface area contributed by atoms with E-state index in [4.69, 9.17) is 0 Å². The molecule has 1 aromatic rings. The van der Waals surface area contributed by atoms with E-state index < -0.39 is 6.36 Å². The molecule has 1 rings (SSSR count). The maximum atomic E-state index is 11.6. The van der Waals surface area contributed by atoms with Crippen LogP contribution in [0.5, 0.6) is 5.75 Å². The molecule has 7 heteroatoms. The van der Waals surface area contributed by atoms with Gasteiger partial charge in [-0.05, 0) is 24.3 Å². The molecular weight excluding hydrogens is 341 g/mol. The van der Waals surface area contributed by atoms with Crippen LogP contribution in [0.4, 0.5) is 13.2 Å². The van der Waals surface area contributed by atoms with E-state index in [1.807, 2.05) is 0 Å². The molecule has 0 aliphatic carbocycles. The molecule has 0 amide bonds. The summed E-state index contributed by atoms with van der Waals surface area (Å²) in [5.74, 6) is -0.217. The van der Waals surface area contributed by atoms with Crippen molar-refractivity contribution in [2.75, 3.05) is 0 Å². The Balaban J connectivity index is -0.000000180. The normalized spacial score (nSPS) is 9.71. The first-order chi connectivity index (χ1) is 5.47. The summed E-state index contributed by atoms with van der Waals surface area (Å²) < 4.78 is 39.2. The monoisotopic (exact) mass is 346 g/mol. The van der Waals surface area contributed by atoms with E-state index in [9.17, 15) is 13.2 Å². The van der Waals surface area contributed by atoms with Crippen LogP contribution in [0.25, 0.3) is 0 Å². The van der Waals surface area contributed by atoms with Gasteiger partial charge in [0.1, 0.15) is 5.75 Å². The maximum Gasteiger partial charge on any atom is 2.00 e. The van der Waals surface area contributed by atoms with Gasteiger partial charge in [-0.3, -0.25) is 0 Å². The van der Waals surface area contributed by atoms with Gasteiger partial charge >= 0.3 is 29.4 Å². The van der Waals surface area contributed by atoms with Crippen LogP contribution < -0.4 is 4.74 Å². The van der Waals surface area contributed by atoms with E-state index in [0.717, 1.165) is 0 Å². The number of halogens is 5. The van der Waals surface area contributed by atoms with Crippen LogP contribution in [0.15, 0.2) is 28.7 Å². The van der Waals surface area contributed by atoms with Crippen molar-refractivity contribution < 1.29 is 20.8 Å². The van der Waals surface area contributed by atoms with Crippen molar-refractivity contribution in [3.8, 4) is 5.75 Å². The molecule has 78 valence electrons. The van der Waals surface area contributed by atoms with Gasteiger partial charge in [-0.1, -0.05) is 15.9 Å². The predicted molar refractivity (Wildman–Crippen MR) is 59.1 cm³/mol. The minimum absolute atomic E-state index is 0. The quantitative estimate of drug-likeness (QED) is 0.702. The summed E-state index contributed by atoms with van der Waals surface area (Å²) in [6, 6.07) is 5.41. The average molecular weight is 348 g/mol. The molecule has 0 N–H and O–H groups in total. The molecule has 0 saturated carbocycles. The summed E-state index contributed by atoms with van der Waals surface area (Å²) in [6.45, 7) is 0. The third kappa shape index (κ3) is 6.91. The molecule has 0 bridgehead atoms. The van der Waals surface area contributed by atoms with Crippen LogP contribution in [0.3, 0.4) is 0 Å². The van der Waals surface area contributed by atoms with Crippen LogP contribution in [-0.2, 0) is 0 Å². The summed E-state index contributed by atoms with van der Waals surface area (Å²) in [5.41, 5.74) is 0. The second-order valence-corrected chi connectivity index (χ2v) is 2.92. The van der Waals surface area contributed by atoms with Crippen LogP contribution in [0.2, 0.25) is 0 Å². The Morgan fingerprint density at radius 1 is 1.14 bits per heavy atom. The third-order valence-corrected chi connectivity index (χ3v) is 1.58. The molecule has 0 saturated heterocycles. The first-order valence-electron chi connectivity index (χ1n) is 2.99. The average Bonchev–Trinajstić information content (AvgIpc) is 1.91. The molecular formula is C7H7Br2F3MgO. The van der Waals surface area contributed by atoms with Gasteiger partial charge < -0.3 is 7.59 Å².